The second-order valence-electron chi connectivity index (χ2n) is 5.28. The van der Waals surface area contributed by atoms with Crippen LogP contribution in [0.25, 0.3) is 0 Å². The first-order valence-electron chi connectivity index (χ1n) is 6.72. The van der Waals surface area contributed by atoms with E-state index in [2.05, 4.69) is 13.2 Å². The third kappa shape index (κ3) is 2.88. The summed E-state index contributed by atoms with van der Waals surface area (Å²) in [5.41, 5.74) is 0. The molecule has 2 aliphatic carbocycles. The van der Waals surface area contributed by atoms with Crippen molar-refractivity contribution >= 4 is 11.9 Å². The van der Waals surface area contributed by atoms with Gasteiger partial charge in [0, 0.05) is 0 Å². The summed E-state index contributed by atoms with van der Waals surface area (Å²) in [6, 6.07) is 0. The van der Waals surface area contributed by atoms with Crippen LogP contribution in [-0.4, -0.2) is 25.2 Å². The maximum absolute atomic E-state index is 11.8. The highest BCUT2D eigenvalue weighted by Gasteiger charge is 2.51. The summed E-state index contributed by atoms with van der Waals surface area (Å²) in [6.07, 6.45) is 5.56. The number of hydrogen-bond acceptors (Lipinski definition) is 4. The first kappa shape index (κ1) is 13.8. The molecule has 0 amide bonds. The van der Waals surface area contributed by atoms with Crippen LogP contribution in [0.5, 0.6) is 0 Å². The molecule has 4 heteroatoms. The van der Waals surface area contributed by atoms with Crippen LogP contribution in [-0.2, 0) is 19.1 Å². The molecule has 104 valence electrons. The summed E-state index contributed by atoms with van der Waals surface area (Å²) in [7, 11) is 0. The van der Waals surface area contributed by atoms with E-state index in [9.17, 15) is 9.59 Å². The summed E-state index contributed by atoms with van der Waals surface area (Å²) in [5, 5.41) is 0. The molecule has 0 aromatic heterocycles. The number of carbonyl (C=O) groups is 2. The lowest BCUT2D eigenvalue weighted by Gasteiger charge is -2.25. The molecule has 4 atom stereocenters. The van der Waals surface area contributed by atoms with Crippen molar-refractivity contribution in [1.82, 2.24) is 0 Å². The molecule has 2 bridgehead atoms. The van der Waals surface area contributed by atoms with Gasteiger partial charge in [-0.15, -0.1) is 0 Å². The lowest BCUT2D eigenvalue weighted by atomic mass is 9.82. The van der Waals surface area contributed by atoms with Gasteiger partial charge in [0.1, 0.15) is 13.2 Å². The molecular formula is C15H20O4. The quantitative estimate of drug-likeness (QED) is 0.544. The van der Waals surface area contributed by atoms with Crippen LogP contribution in [0, 0.1) is 23.7 Å². The van der Waals surface area contributed by atoms with Crippen molar-refractivity contribution < 1.29 is 19.1 Å². The van der Waals surface area contributed by atoms with Crippen molar-refractivity contribution in [2.24, 2.45) is 23.7 Å². The molecule has 2 saturated carbocycles. The smallest absolute Gasteiger partial charge is 0.309 e. The Morgan fingerprint density at radius 1 is 0.895 bits per heavy atom. The minimum absolute atomic E-state index is 0.0478. The summed E-state index contributed by atoms with van der Waals surface area (Å²) < 4.78 is 10.2. The lowest BCUT2D eigenvalue weighted by molar-refractivity contribution is -0.154. The van der Waals surface area contributed by atoms with E-state index < -0.39 is 0 Å². The molecule has 2 rings (SSSR count). The highest BCUT2D eigenvalue weighted by molar-refractivity contribution is 5.77. The molecule has 0 aromatic carbocycles. The van der Waals surface area contributed by atoms with Crippen LogP contribution in [0.4, 0.5) is 0 Å². The topological polar surface area (TPSA) is 52.6 Å². The molecule has 2 fully saturated rings. The molecule has 0 N–H and O–H groups in total. The SMILES string of the molecule is C=CCOC(=O)C1CC2CC1CC2C(=O)OCC=C. The summed E-state index contributed by atoms with van der Waals surface area (Å²) in [6.45, 7) is 7.57. The molecule has 4 unspecified atom stereocenters. The molecule has 0 aromatic rings. The first-order valence-corrected chi connectivity index (χ1v) is 6.72. The van der Waals surface area contributed by atoms with Crippen LogP contribution in [0.15, 0.2) is 25.3 Å². The van der Waals surface area contributed by atoms with Gasteiger partial charge < -0.3 is 9.47 Å². The monoisotopic (exact) mass is 264 g/mol. The number of rotatable bonds is 6. The molecule has 0 aliphatic heterocycles. The van der Waals surface area contributed by atoms with E-state index in [0.717, 1.165) is 19.3 Å². The molecule has 0 saturated heterocycles. The fourth-order valence-corrected chi connectivity index (χ4v) is 3.35. The minimum Gasteiger partial charge on any atom is -0.461 e. The molecular weight excluding hydrogens is 244 g/mol. The molecule has 19 heavy (non-hydrogen) atoms. The van der Waals surface area contributed by atoms with Gasteiger partial charge in [0.2, 0.25) is 0 Å². The lowest BCUT2D eigenvalue weighted by Crippen LogP contribution is -2.30. The van der Waals surface area contributed by atoms with Crippen molar-refractivity contribution in [2.45, 2.75) is 19.3 Å². The van der Waals surface area contributed by atoms with Crippen LogP contribution in [0.1, 0.15) is 19.3 Å². The maximum atomic E-state index is 11.8. The van der Waals surface area contributed by atoms with Crippen molar-refractivity contribution in [1.29, 1.82) is 0 Å². The van der Waals surface area contributed by atoms with Crippen molar-refractivity contribution in [3.05, 3.63) is 25.3 Å². The van der Waals surface area contributed by atoms with E-state index in [-0.39, 0.29) is 48.8 Å². The van der Waals surface area contributed by atoms with E-state index in [0.29, 0.717) is 0 Å². The Labute approximate surface area is 113 Å². The maximum Gasteiger partial charge on any atom is 0.309 e. The molecule has 0 heterocycles. The van der Waals surface area contributed by atoms with Gasteiger partial charge in [0.25, 0.3) is 0 Å². The van der Waals surface area contributed by atoms with Crippen molar-refractivity contribution in [3.8, 4) is 0 Å². The van der Waals surface area contributed by atoms with Gasteiger partial charge in [-0.1, -0.05) is 25.3 Å². The molecule has 0 spiro atoms. The fourth-order valence-electron chi connectivity index (χ4n) is 3.35. The van der Waals surface area contributed by atoms with Gasteiger partial charge in [-0.25, -0.2) is 0 Å². The number of ether oxygens (including phenoxy) is 2. The second-order valence-corrected chi connectivity index (χ2v) is 5.28. The van der Waals surface area contributed by atoms with Crippen LogP contribution in [0.3, 0.4) is 0 Å². The Kier molecular flexibility index (Phi) is 4.40. The average Bonchev–Trinajstić information content (AvgIpc) is 3.01. The Bertz CT molecular complexity index is 352. The zero-order valence-electron chi connectivity index (χ0n) is 11.0. The normalized spacial score (nSPS) is 31.8. The predicted octanol–water partition coefficient (Wildman–Crippen LogP) is 2.11. The zero-order valence-corrected chi connectivity index (χ0v) is 11.0. The minimum atomic E-state index is -0.148. The Morgan fingerprint density at radius 2 is 1.32 bits per heavy atom. The van der Waals surface area contributed by atoms with E-state index in [1.807, 2.05) is 0 Å². The van der Waals surface area contributed by atoms with Crippen molar-refractivity contribution in [2.75, 3.05) is 13.2 Å². The van der Waals surface area contributed by atoms with Gasteiger partial charge in [-0.05, 0) is 31.1 Å². The van der Waals surface area contributed by atoms with E-state index >= 15 is 0 Å². The highest BCUT2D eigenvalue weighted by Crippen LogP contribution is 2.52. The third-order valence-electron chi connectivity index (χ3n) is 4.15. The van der Waals surface area contributed by atoms with Gasteiger partial charge in [0.15, 0.2) is 0 Å². The summed E-state index contributed by atoms with van der Waals surface area (Å²) >= 11 is 0. The average molecular weight is 264 g/mol. The number of carbonyl (C=O) groups excluding carboxylic acids is 2. The number of hydrogen-bond donors (Lipinski definition) is 0. The van der Waals surface area contributed by atoms with Gasteiger partial charge in [0.05, 0.1) is 11.8 Å². The Balaban J connectivity index is 1.86. The Morgan fingerprint density at radius 3 is 1.63 bits per heavy atom. The van der Waals surface area contributed by atoms with E-state index in [1.54, 1.807) is 12.2 Å². The van der Waals surface area contributed by atoms with E-state index in [1.165, 1.54) is 0 Å². The first-order chi connectivity index (χ1) is 9.17. The largest absolute Gasteiger partial charge is 0.461 e. The Hall–Kier alpha value is -1.58. The molecule has 4 nitrogen and oxygen atoms in total. The van der Waals surface area contributed by atoms with Crippen LogP contribution >= 0.6 is 0 Å². The third-order valence-corrected chi connectivity index (χ3v) is 4.15. The number of esters is 2. The van der Waals surface area contributed by atoms with E-state index in [4.69, 9.17) is 9.47 Å². The number of fused-ring (bicyclic) bond motifs is 2. The summed E-state index contributed by atoms with van der Waals surface area (Å²) in [4.78, 5) is 23.7. The highest BCUT2D eigenvalue weighted by atomic mass is 16.5. The standard InChI is InChI=1S/C15H20O4/c1-3-5-18-14(16)12-8-11-7-10(12)9-13(11)15(17)19-6-4-2/h3-4,10-13H,1-2,5-9H2. The van der Waals surface area contributed by atoms with Gasteiger partial charge in [-0.2, -0.15) is 0 Å². The van der Waals surface area contributed by atoms with Crippen LogP contribution < -0.4 is 0 Å². The van der Waals surface area contributed by atoms with Gasteiger partial charge in [-0.3, -0.25) is 9.59 Å². The zero-order chi connectivity index (χ0) is 13.8. The molecule has 0 radical (unpaired) electrons. The van der Waals surface area contributed by atoms with Crippen LogP contribution in [0.2, 0.25) is 0 Å². The van der Waals surface area contributed by atoms with Crippen molar-refractivity contribution in [3.63, 3.8) is 0 Å². The predicted molar refractivity (Wildman–Crippen MR) is 70.1 cm³/mol. The molecule has 2 aliphatic rings. The van der Waals surface area contributed by atoms with Gasteiger partial charge >= 0.3 is 11.9 Å². The fraction of sp³-hybridized carbons (Fsp3) is 0.600. The summed E-state index contributed by atoms with van der Waals surface area (Å²) in [5.74, 6) is 0.143. The second kappa shape index (κ2) is 6.04.